The van der Waals surface area contributed by atoms with Gasteiger partial charge in [-0.3, -0.25) is 4.99 Å². The van der Waals surface area contributed by atoms with Gasteiger partial charge in [0.1, 0.15) is 0 Å². The molecule has 0 N–H and O–H groups in total. The maximum Gasteiger partial charge on any atom is 0.0707 e. The van der Waals surface area contributed by atoms with Gasteiger partial charge in [-0.15, -0.1) is 12.3 Å². The SMILES string of the molecule is C#CC1CCCN(C(=C)C(CC=Nc2cc3ccccc3cc2/C(=C\C)CC)c2ccccc2)C1. The Morgan fingerprint density at radius 3 is 2.54 bits per heavy atom. The molecule has 0 bridgehead atoms. The Hall–Kier alpha value is -3.57. The van der Waals surface area contributed by atoms with E-state index in [0.717, 1.165) is 50.2 Å². The van der Waals surface area contributed by atoms with Gasteiger partial charge in [0, 0.05) is 42.4 Å². The molecule has 0 aromatic heterocycles. The van der Waals surface area contributed by atoms with Gasteiger partial charge in [-0.1, -0.05) is 74.2 Å². The fourth-order valence-corrected chi connectivity index (χ4v) is 5.14. The minimum atomic E-state index is 0.174. The Morgan fingerprint density at radius 1 is 1.14 bits per heavy atom. The molecule has 2 heteroatoms. The summed E-state index contributed by atoms with van der Waals surface area (Å²) in [5, 5.41) is 2.46. The Labute approximate surface area is 211 Å². The lowest BCUT2D eigenvalue weighted by molar-refractivity contribution is 0.239. The Balaban J connectivity index is 1.64. The van der Waals surface area contributed by atoms with Gasteiger partial charge in [0.05, 0.1) is 5.69 Å². The van der Waals surface area contributed by atoms with Crippen molar-refractivity contribution in [1.29, 1.82) is 0 Å². The molecule has 0 radical (unpaired) electrons. The normalized spacial score (nSPS) is 17.5. The molecule has 2 unspecified atom stereocenters. The molecule has 0 spiro atoms. The molecule has 2 atom stereocenters. The molecule has 1 heterocycles. The van der Waals surface area contributed by atoms with Gasteiger partial charge in [0.25, 0.3) is 0 Å². The van der Waals surface area contributed by atoms with E-state index in [4.69, 9.17) is 11.4 Å². The smallest absolute Gasteiger partial charge is 0.0707 e. The van der Waals surface area contributed by atoms with Crippen molar-refractivity contribution in [3.05, 3.63) is 96.2 Å². The molecule has 35 heavy (non-hydrogen) atoms. The van der Waals surface area contributed by atoms with Gasteiger partial charge < -0.3 is 4.90 Å². The van der Waals surface area contributed by atoms with Gasteiger partial charge in [-0.05, 0) is 66.6 Å². The third-order valence-electron chi connectivity index (χ3n) is 7.18. The van der Waals surface area contributed by atoms with Crippen LogP contribution in [0, 0.1) is 18.3 Å². The van der Waals surface area contributed by atoms with Gasteiger partial charge in [-0.25, -0.2) is 0 Å². The molecule has 1 aliphatic heterocycles. The second kappa shape index (κ2) is 11.7. The summed E-state index contributed by atoms with van der Waals surface area (Å²) >= 11 is 0. The molecular formula is C33H36N2. The topological polar surface area (TPSA) is 15.6 Å². The molecule has 3 aromatic carbocycles. The highest BCUT2D eigenvalue weighted by molar-refractivity contribution is 5.92. The number of aliphatic imine (C=N–C) groups is 1. The van der Waals surface area contributed by atoms with Crippen LogP contribution >= 0.6 is 0 Å². The summed E-state index contributed by atoms with van der Waals surface area (Å²) in [6.45, 7) is 10.8. The van der Waals surface area contributed by atoms with Crippen molar-refractivity contribution in [1.82, 2.24) is 4.90 Å². The highest BCUT2D eigenvalue weighted by atomic mass is 15.1. The zero-order valence-corrected chi connectivity index (χ0v) is 21.1. The Bertz CT molecular complexity index is 1260. The van der Waals surface area contributed by atoms with Crippen molar-refractivity contribution >= 4 is 28.2 Å². The van der Waals surface area contributed by atoms with Crippen molar-refractivity contribution in [2.45, 2.75) is 45.4 Å². The number of fused-ring (bicyclic) bond motifs is 1. The molecule has 0 amide bonds. The summed E-state index contributed by atoms with van der Waals surface area (Å²) in [5.74, 6) is 3.44. The lowest BCUT2D eigenvalue weighted by atomic mass is 9.90. The van der Waals surface area contributed by atoms with Gasteiger partial charge in [0.2, 0.25) is 0 Å². The van der Waals surface area contributed by atoms with Crippen LogP contribution in [-0.4, -0.2) is 24.2 Å². The quantitative estimate of drug-likeness (QED) is 0.243. The molecule has 4 rings (SSSR count). The summed E-state index contributed by atoms with van der Waals surface area (Å²) in [6.07, 6.45) is 14.1. The molecule has 1 saturated heterocycles. The number of hydrogen-bond acceptors (Lipinski definition) is 2. The summed E-state index contributed by atoms with van der Waals surface area (Å²) in [4.78, 5) is 7.44. The highest BCUT2D eigenvalue weighted by Gasteiger charge is 2.24. The molecular weight excluding hydrogens is 424 g/mol. The van der Waals surface area contributed by atoms with E-state index >= 15 is 0 Å². The predicted molar refractivity (Wildman–Crippen MR) is 152 cm³/mol. The zero-order chi connectivity index (χ0) is 24.6. The van der Waals surface area contributed by atoms with Crippen molar-refractivity contribution in [2.75, 3.05) is 13.1 Å². The standard InChI is InChI=1S/C33H36N2/c1-5-26-14-13-21-35(24-26)25(4)31(28-15-9-8-10-16-28)19-20-34-33-23-30-18-12-11-17-29(30)22-32(33)27(6-2)7-3/h1,6,8-12,15-18,20,22-23,26,31H,4,7,13-14,19,21,24H2,2-3H3/b27-6-,34-20?. The van der Waals surface area contributed by atoms with Crippen LogP contribution in [0.1, 0.15) is 56.6 Å². The number of hydrogen-bond donors (Lipinski definition) is 0. The van der Waals surface area contributed by atoms with E-state index in [1.165, 1.54) is 27.5 Å². The van der Waals surface area contributed by atoms with Crippen molar-refractivity contribution in [3.8, 4) is 12.3 Å². The summed E-state index contributed by atoms with van der Waals surface area (Å²) in [5.41, 5.74) is 5.98. The number of nitrogens with zero attached hydrogens (tertiary/aromatic N) is 2. The first-order valence-electron chi connectivity index (χ1n) is 12.8. The minimum absolute atomic E-state index is 0.174. The molecule has 178 valence electrons. The maximum absolute atomic E-state index is 5.77. The monoisotopic (exact) mass is 460 g/mol. The van der Waals surface area contributed by atoms with E-state index in [0.29, 0.717) is 5.92 Å². The third-order valence-corrected chi connectivity index (χ3v) is 7.18. The summed E-state index contributed by atoms with van der Waals surface area (Å²) < 4.78 is 0. The van der Waals surface area contributed by atoms with E-state index in [9.17, 15) is 0 Å². The van der Waals surface area contributed by atoms with Crippen LogP contribution in [0.5, 0.6) is 0 Å². The van der Waals surface area contributed by atoms with Crippen LogP contribution in [0.3, 0.4) is 0 Å². The third kappa shape index (κ3) is 5.75. The number of piperidine rings is 1. The first kappa shape index (κ1) is 24.6. The molecule has 1 fully saturated rings. The molecule has 3 aromatic rings. The van der Waals surface area contributed by atoms with Crippen molar-refractivity contribution in [3.63, 3.8) is 0 Å². The highest BCUT2D eigenvalue weighted by Crippen LogP contribution is 2.35. The van der Waals surface area contributed by atoms with Gasteiger partial charge in [-0.2, -0.15) is 0 Å². The lowest BCUT2D eigenvalue weighted by Gasteiger charge is -2.36. The lowest BCUT2D eigenvalue weighted by Crippen LogP contribution is -2.35. The largest absolute Gasteiger partial charge is 0.374 e. The first-order valence-corrected chi connectivity index (χ1v) is 12.8. The number of likely N-dealkylation sites (tertiary alicyclic amines) is 1. The van der Waals surface area contributed by atoms with Crippen LogP contribution in [0.4, 0.5) is 5.69 Å². The predicted octanol–water partition coefficient (Wildman–Crippen LogP) is 8.39. The number of allylic oxidation sites excluding steroid dienone is 3. The van der Waals surface area contributed by atoms with Gasteiger partial charge in [0.15, 0.2) is 0 Å². The fourth-order valence-electron chi connectivity index (χ4n) is 5.14. The number of rotatable bonds is 8. The van der Waals surface area contributed by atoms with E-state index in [1.807, 2.05) is 0 Å². The van der Waals surface area contributed by atoms with E-state index in [1.54, 1.807) is 0 Å². The zero-order valence-electron chi connectivity index (χ0n) is 21.1. The second-order valence-corrected chi connectivity index (χ2v) is 9.34. The van der Waals surface area contributed by atoms with Crippen LogP contribution in [0.15, 0.2) is 90.1 Å². The Morgan fingerprint density at radius 2 is 1.86 bits per heavy atom. The average molecular weight is 461 g/mol. The maximum atomic E-state index is 5.77. The summed E-state index contributed by atoms with van der Waals surface area (Å²) in [7, 11) is 0. The Kier molecular flexibility index (Phi) is 8.22. The second-order valence-electron chi connectivity index (χ2n) is 9.34. The van der Waals surface area contributed by atoms with Crippen molar-refractivity contribution < 1.29 is 0 Å². The van der Waals surface area contributed by atoms with Gasteiger partial charge >= 0.3 is 0 Å². The number of benzene rings is 3. The molecule has 0 aliphatic carbocycles. The fraction of sp³-hybridized carbons (Fsp3) is 0.303. The first-order chi connectivity index (χ1) is 17.1. The summed E-state index contributed by atoms with van der Waals surface area (Å²) in [6, 6.07) is 23.7. The molecule has 1 aliphatic rings. The molecule has 2 nitrogen and oxygen atoms in total. The van der Waals surface area contributed by atoms with Crippen LogP contribution in [-0.2, 0) is 0 Å². The van der Waals surface area contributed by atoms with Crippen LogP contribution < -0.4 is 0 Å². The van der Waals surface area contributed by atoms with E-state index in [2.05, 4.69) is 110 Å². The number of terminal acetylenes is 1. The van der Waals surface area contributed by atoms with Crippen LogP contribution in [0.2, 0.25) is 0 Å². The molecule has 0 saturated carbocycles. The average Bonchev–Trinajstić information content (AvgIpc) is 2.92. The van der Waals surface area contributed by atoms with E-state index < -0.39 is 0 Å². The van der Waals surface area contributed by atoms with E-state index in [-0.39, 0.29) is 5.92 Å². The minimum Gasteiger partial charge on any atom is -0.374 e. The van der Waals surface area contributed by atoms with Crippen molar-refractivity contribution in [2.24, 2.45) is 10.9 Å². The van der Waals surface area contributed by atoms with Crippen LogP contribution in [0.25, 0.3) is 16.3 Å².